The maximum atomic E-state index is 12.3. The van der Waals surface area contributed by atoms with Gasteiger partial charge in [0.05, 0.1) is 5.69 Å². The number of amides is 2. The summed E-state index contributed by atoms with van der Waals surface area (Å²) in [5, 5.41) is 3.46. The molecule has 1 N–H and O–H groups in total. The molecule has 0 bridgehead atoms. The molecule has 0 saturated carbocycles. The first-order valence-corrected chi connectivity index (χ1v) is 7.24. The van der Waals surface area contributed by atoms with Crippen molar-refractivity contribution in [3.63, 3.8) is 0 Å². The fourth-order valence-electron chi connectivity index (χ4n) is 2.46. The van der Waals surface area contributed by atoms with E-state index < -0.39 is 0 Å². The van der Waals surface area contributed by atoms with Crippen LogP contribution in [0.3, 0.4) is 0 Å². The summed E-state index contributed by atoms with van der Waals surface area (Å²) in [6.07, 6.45) is 0.950. The zero-order chi connectivity index (χ0) is 14.8. The van der Waals surface area contributed by atoms with Crippen LogP contribution in [0.15, 0.2) is 24.3 Å². The van der Waals surface area contributed by atoms with Crippen molar-refractivity contribution in [2.24, 2.45) is 0 Å². The largest absolute Gasteiger partial charge is 0.324 e. The molecule has 0 spiro atoms. The first kappa shape index (κ1) is 14.9. The number of para-hydroxylation sites is 1. The average Bonchev–Trinajstić information content (AvgIpc) is 2.37. The minimum Gasteiger partial charge on any atom is -0.323 e. The van der Waals surface area contributed by atoms with Crippen LogP contribution in [0.5, 0.6) is 0 Å². The van der Waals surface area contributed by atoms with Crippen LogP contribution in [-0.4, -0.2) is 36.6 Å². The number of fused-ring (bicyclic) bond motifs is 1. The van der Waals surface area contributed by atoms with Crippen LogP contribution in [-0.2, 0) is 6.54 Å². The number of carbonyl (C=O) groups excluding carboxylic acids is 1. The van der Waals surface area contributed by atoms with Crippen molar-refractivity contribution in [1.29, 1.82) is 0 Å². The number of anilines is 1. The van der Waals surface area contributed by atoms with Crippen molar-refractivity contribution in [3.05, 3.63) is 29.8 Å². The van der Waals surface area contributed by atoms with Crippen LogP contribution >= 0.6 is 0 Å². The smallest absolute Gasteiger partial charge is 0.323 e. The van der Waals surface area contributed by atoms with E-state index in [2.05, 4.69) is 32.2 Å². The topological polar surface area (TPSA) is 35.6 Å². The molecule has 1 aliphatic heterocycles. The van der Waals surface area contributed by atoms with Gasteiger partial charge in [0.15, 0.2) is 0 Å². The molecule has 0 aromatic heterocycles. The Bertz CT molecular complexity index is 479. The summed E-state index contributed by atoms with van der Waals surface area (Å²) >= 11 is 0. The zero-order valence-electron chi connectivity index (χ0n) is 12.9. The van der Waals surface area contributed by atoms with Gasteiger partial charge in [-0.2, -0.15) is 0 Å². The molecule has 2 amide bonds. The maximum Gasteiger partial charge on any atom is 0.324 e. The van der Waals surface area contributed by atoms with E-state index in [1.165, 1.54) is 5.56 Å². The molecular weight excluding hydrogens is 250 g/mol. The van der Waals surface area contributed by atoms with Crippen molar-refractivity contribution in [1.82, 2.24) is 10.2 Å². The molecule has 20 heavy (non-hydrogen) atoms. The van der Waals surface area contributed by atoms with Gasteiger partial charge in [0.1, 0.15) is 0 Å². The fourth-order valence-corrected chi connectivity index (χ4v) is 2.46. The van der Waals surface area contributed by atoms with Gasteiger partial charge in [-0.05, 0) is 45.4 Å². The average molecular weight is 275 g/mol. The second kappa shape index (κ2) is 5.83. The Labute approximate surface area is 121 Å². The highest BCUT2D eigenvalue weighted by Gasteiger charge is 2.27. The Morgan fingerprint density at radius 3 is 2.65 bits per heavy atom. The summed E-state index contributed by atoms with van der Waals surface area (Å²) in [5.74, 6) is 0. The van der Waals surface area contributed by atoms with E-state index in [4.69, 9.17) is 0 Å². The molecule has 1 aliphatic rings. The van der Waals surface area contributed by atoms with E-state index in [-0.39, 0.29) is 11.6 Å². The zero-order valence-corrected chi connectivity index (χ0v) is 12.9. The SMILES string of the molecule is CN1Cc2ccccc2N(CCCNC(C)(C)C)C1=O. The number of urea groups is 1. The third-order valence-corrected chi connectivity index (χ3v) is 3.46. The minimum atomic E-state index is 0.0967. The summed E-state index contributed by atoms with van der Waals surface area (Å²) in [7, 11) is 1.86. The van der Waals surface area contributed by atoms with Gasteiger partial charge < -0.3 is 10.2 Å². The minimum absolute atomic E-state index is 0.0967. The quantitative estimate of drug-likeness (QED) is 0.858. The fraction of sp³-hybridized carbons (Fsp3) is 0.562. The van der Waals surface area contributed by atoms with Crippen LogP contribution in [0.25, 0.3) is 0 Å². The number of hydrogen-bond donors (Lipinski definition) is 1. The highest BCUT2D eigenvalue weighted by molar-refractivity contribution is 5.94. The van der Waals surface area contributed by atoms with Gasteiger partial charge in [0, 0.05) is 25.7 Å². The van der Waals surface area contributed by atoms with Crippen molar-refractivity contribution in [2.75, 3.05) is 25.0 Å². The standard InChI is InChI=1S/C16H25N3O/c1-16(2,3)17-10-7-11-19-14-9-6-5-8-13(14)12-18(4)15(19)20/h5-6,8-9,17H,7,10-12H2,1-4H3. The van der Waals surface area contributed by atoms with E-state index in [1.54, 1.807) is 4.90 Å². The van der Waals surface area contributed by atoms with E-state index in [0.29, 0.717) is 6.54 Å². The van der Waals surface area contributed by atoms with Crippen LogP contribution in [0.4, 0.5) is 10.5 Å². The monoisotopic (exact) mass is 275 g/mol. The molecule has 0 aliphatic carbocycles. The van der Waals surface area contributed by atoms with Gasteiger partial charge in [0.25, 0.3) is 0 Å². The highest BCUT2D eigenvalue weighted by atomic mass is 16.2. The number of carbonyl (C=O) groups is 1. The molecule has 0 radical (unpaired) electrons. The Morgan fingerprint density at radius 2 is 1.95 bits per heavy atom. The van der Waals surface area contributed by atoms with Crippen LogP contribution in [0, 0.1) is 0 Å². The molecule has 110 valence electrons. The van der Waals surface area contributed by atoms with Gasteiger partial charge in [0.2, 0.25) is 0 Å². The Balaban J connectivity index is 2.01. The third kappa shape index (κ3) is 3.51. The van der Waals surface area contributed by atoms with Crippen LogP contribution in [0.1, 0.15) is 32.8 Å². The lowest BCUT2D eigenvalue weighted by Crippen LogP contribution is -2.46. The summed E-state index contributed by atoms with van der Waals surface area (Å²) in [6.45, 7) is 8.83. The van der Waals surface area contributed by atoms with Crippen molar-refractivity contribution >= 4 is 11.7 Å². The van der Waals surface area contributed by atoms with Gasteiger partial charge in [-0.25, -0.2) is 4.79 Å². The first-order valence-electron chi connectivity index (χ1n) is 7.24. The predicted molar refractivity (Wildman–Crippen MR) is 83.0 cm³/mol. The molecule has 2 rings (SSSR count). The summed E-state index contributed by atoms with van der Waals surface area (Å²) in [4.78, 5) is 16.0. The molecular formula is C16H25N3O. The molecule has 0 saturated heterocycles. The first-order chi connectivity index (χ1) is 9.38. The normalized spacial score (nSPS) is 15.5. The van der Waals surface area contributed by atoms with Crippen LogP contribution < -0.4 is 10.2 Å². The molecule has 4 nitrogen and oxygen atoms in total. The summed E-state index contributed by atoms with van der Waals surface area (Å²) in [6, 6.07) is 8.26. The Hall–Kier alpha value is -1.55. The van der Waals surface area contributed by atoms with Crippen LogP contribution in [0.2, 0.25) is 0 Å². The summed E-state index contributed by atoms with van der Waals surface area (Å²) < 4.78 is 0. The summed E-state index contributed by atoms with van der Waals surface area (Å²) in [5.41, 5.74) is 2.41. The molecule has 0 fully saturated rings. The number of nitrogens with one attached hydrogen (secondary N) is 1. The Kier molecular flexibility index (Phi) is 4.33. The molecule has 0 atom stereocenters. The molecule has 1 aromatic carbocycles. The van der Waals surface area contributed by atoms with Gasteiger partial charge in [-0.1, -0.05) is 18.2 Å². The van der Waals surface area contributed by atoms with Gasteiger partial charge in [-0.15, -0.1) is 0 Å². The second-order valence-corrected chi connectivity index (χ2v) is 6.45. The molecule has 1 heterocycles. The number of rotatable bonds is 4. The van der Waals surface area contributed by atoms with E-state index >= 15 is 0 Å². The lowest BCUT2D eigenvalue weighted by Gasteiger charge is -2.35. The van der Waals surface area contributed by atoms with E-state index in [0.717, 1.165) is 25.2 Å². The molecule has 4 heteroatoms. The molecule has 1 aromatic rings. The Morgan fingerprint density at radius 1 is 1.25 bits per heavy atom. The number of nitrogens with zero attached hydrogens (tertiary/aromatic N) is 2. The van der Waals surface area contributed by atoms with Gasteiger partial charge in [-0.3, -0.25) is 4.90 Å². The van der Waals surface area contributed by atoms with Crippen molar-refractivity contribution < 1.29 is 4.79 Å². The highest BCUT2D eigenvalue weighted by Crippen LogP contribution is 2.27. The number of benzene rings is 1. The van der Waals surface area contributed by atoms with E-state index in [9.17, 15) is 4.79 Å². The van der Waals surface area contributed by atoms with E-state index in [1.807, 2.05) is 30.1 Å². The predicted octanol–water partition coefficient (Wildman–Crippen LogP) is 2.84. The van der Waals surface area contributed by atoms with Crippen molar-refractivity contribution in [2.45, 2.75) is 39.3 Å². The number of hydrogen-bond acceptors (Lipinski definition) is 2. The lowest BCUT2D eigenvalue weighted by atomic mass is 10.1. The molecule has 0 unspecified atom stereocenters. The van der Waals surface area contributed by atoms with Crippen molar-refractivity contribution in [3.8, 4) is 0 Å². The maximum absolute atomic E-state index is 12.3. The van der Waals surface area contributed by atoms with Gasteiger partial charge >= 0.3 is 6.03 Å². The second-order valence-electron chi connectivity index (χ2n) is 6.45. The lowest BCUT2D eigenvalue weighted by molar-refractivity contribution is 0.210. The third-order valence-electron chi connectivity index (χ3n) is 3.46.